The molecule has 0 spiro atoms. The normalized spacial score (nSPS) is 12.4. The first-order valence-corrected chi connectivity index (χ1v) is 10.2. The summed E-state index contributed by atoms with van der Waals surface area (Å²) < 4.78 is 4.78. The maximum absolute atomic E-state index is 10.3. The number of carboxylic acid groups (broad SMARTS) is 1. The highest BCUT2D eigenvalue weighted by Gasteiger charge is 2.06. The van der Waals surface area contributed by atoms with Crippen LogP contribution in [0.4, 0.5) is 0 Å². The molecule has 0 aliphatic carbocycles. The molecule has 4 nitrogen and oxygen atoms in total. The summed E-state index contributed by atoms with van der Waals surface area (Å²) in [5.41, 5.74) is 0. The first-order chi connectivity index (χ1) is 11.7. The molecule has 144 valence electrons. The summed E-state index contributed by atoms with van der Waals surface area (Å²) in [5, 5.41) is 17.8. The van der Waals surface area contributed by atoms with Crippen LogP contribution in [0.3, 0.4) is 0 Å². The first-order valence-electron chi connectivity index (χ1n) is 10.2. The van der Waals surface area contributed by atoms with Crippen LogP contribution >= 0.6 is 0 Å². The Kier molecular flexibility index (Phi) is 18.2. The molecule has 0 aromatic rings. The molecule has 0 radical (unpaired) electrons. The van der Waals surface area contributed by atoms with Crippen molar-refractivity contribution in [3.63, 3.8) is 0 Å². The van der Waals surface area contributed by atoms with E-state index in [0.29, 0.717) is 6.42 Å². The van der Waals surface area contributed by atoms with Gasteiger partial charge in [-0.25, -0.2) is 4.79 Å². The minimum atomic E-state index is -1.04. The van der Waals surface area contributed by atoms with Gasteiger partial charge in [-0.15, -0.1) is 0 Å². The Morgan fingerprint density at radius 3 is 1.50 bits per heavy atom. The predicted molar refractivity (Wildman–Crippen MR) is 99.1 cm³/mol. The van der Waals surface area contributed by atoms with E-state index < -0.39 is 18.9 Å². The van der Waals surface area contributed by atoms with Gasteiger partial charge in [0, 0.05) is 0 Å². The lowest BCUT2D eigenvalue weighted by molar-refractivity contribution is -0.157. The average Bonchev–Trinajstić information content (AvgIpc) is 2.56. The van der Waals surface area contributed by atoms with E-state index in [0.717, 1.165) is 12.8 Å². The van der Waals surface area contributed by atoms with Crippen LogP contribution in [-0.2, 0) is 9.53 Å². The fourth-order valence-electron chi connectivity index (χ4n) is 2.94. The molecule has 0 fully saturated rings. The highest BCUT2D eigenvalue weighted by molar-refractivity contribution is 5.67. The SMILES string of the molecule is CCCCCCCCCCCCCCCCCC(O)OCC(=O)O. The van der Waals surface area contributed by atoms with Crippen LogP contribution in [0.1, 0.15) is 110 Å². The summed E-state index contributed by atoms with van der Waals surface area (Å²) in [6, 6.07) is 0. The van der Waals surface area contributed by atoms with Gasteiger partial charge < -0.3 is 14.9 Å². The Balaban J connectivity index is 3.08. The van der Waals surface area contributed by atoms with Gasteiger partial charge in [0.05, 0.1) is 0 Å². The van der Waals surface area contributed by atoms with Crippen LogP contribution in [-0.4, -0.2) is 29.1 Å². The zero-order chi connectivity index (χ0) is 17.9. The molecule has 0 aromatic carbocycles. The second-order valence-corrected chi connectivity index (χ2v) is 6.90. The highest BCUT2D eigenvalue weighted by atomic mass is 16.6. The zero-order valence-corrected chi connectivity index (χ0v) is 15.8. The van der Waals surface area contributed by atoms with Crippen LogP contribution in [0, 0.1) is 0 Å². The average molecular weight is 345 g/mol. The van der Waals surface area contributed by atoms with Crippen LogP contribution < -0.4 is 0 Å². The minimum Gasteiger partial charge on any atom is -0.480 e. The molecule has 0 aliphatic rings. The Morgan fingerprint density at radius 1 is 0.750 bits per heavy atom. The Labute approximate surface area is 149 Å². The van der Waals surface area contributed by atoms with Crippen molar-refractivity contribution in [3.05, 3.63) is 0 Å². The Morgan fingerprint density at radius 2 is 1.12 bits per heavy atom. The fourth-order valence-corrected chi connectivity index (χ4v) is 2.94. The topological polar surface area (TPSA) is 66.8 Å². The lowest BCUT2D eigenvalue weighted by Gasteiger charge is -2.09. The number of unbranched alkanes of at least 4 members (excludes halogenated alkanes) is 14. The number of rotatable bonds is 19. The summed E-state index contributed by atoms with van der Waals surface area (Å²) in [6.07, 6.45) is 19.3. The van der Waals surface area contributed by atoms with E-state index in [1.54, 1.807) is 0 Å². The van der Waals surface area contributed by atoms with E-state index >= 15 is 0 Å². The van der Waals surface area contributed by atoms with Crippen molar-refractivity contribution in [2.75, 3.05) is 6.61 Å². The summed E-state index contributed by atoms with van der Waals surface area (Å²) in [5.74, 6) is -1.04. The monoisotopic (exact) mass is 344 g/mol. The third kappa shape index (κ3) is 19.4. The standard InChI is InChI=1S/C20H40O4/c1-2-3-4-5-6-7-8-9-10-11-12-13-14-15-16-17-20(23)24-18-19(21)22/h20,23H,2-18H2,1H3,(H,21,22). The lowest BCUT2D eigenvalue weighted by Crippen LogP contribution is -2.17. The number of carboxylic acids is 1. The lowest BCUT2D eigenvalue weighted by atomic mass is 10.0. The summed E-state index contributed by atoms with van der Waals surface area (Å²) in [6.45, 7) is 1.85. The van der Waals surface area contributed by atoms with Gasteiger partial charge in [0.2, 0.25) is 0 Å². The van der Waals surface area contributed by atoms with Gasteiger partial charge in [-0.05, 0) is 12.8 Å². The summed E-state index contributed by atoms with van der Waals surface area (Å²) in [7, 11) is 0. The first kappa shape index (κ1) is 23.4. The van der Waals surface area contributed by atoms with Gasteiger partial charge in [0.1, 0.15) is 6.61 Å². The van der Waals surface area contributed by atoms with Gasteiger partial charge in [-0.1, -0.05) is 96.8 Å². The largest absolute Gasteiger partial charge is 0.480 e. The van der Waals surface area contributed by atoms with Gasteiger partial charge in [-0.2, -0.15) is 0 Å². The maximum atomic E-state index is 10.3. The van der Waals surface area contributed by atoms with Gasteiger partial charge in [0.15, 0.2) is 6.29 Å². The van der Waals surface area contributed by atoms with Gasteiger partial charge in [0.25, 0.3) is 0 Å². The zero-order valence-electron chi connectivity index (χ0n) is 15.8. The second kappa shape index (κ2) is 18.7. The van der Waals surface area contributed by atoms with E-state index in [1.165, 1.54) is 83.5 Å². The number of aliphatic hydroxyl groups is 1. The van der Waals surface area contributed by atoms with Crippen LogP contribution in [0.25, 0.3) is 0 Å². The molecule has 0 saturated carbocycles. The Hall–Kier alpha value is -0.610. The molecule has 0 saturated heterocycles. The molecule has 4 heteroatoms. The smallest absolute Gasteiger partial charge is 0.329 e. The molecule has 24 heavy (non-hydrogen) atoms. The van der Waals surface area contributed by atoms with Crippen molar-refractivity contribution < 1.29 is 19.7 Å². The van der Waals surface area contributed by atoms with E-state index in [4.69, 9.17) is 9.84 Å². The van der Waals surface area contributed by atoms with Crippen LogP contribution in [0.2, 0.25) is 0 Å². The molecule has 0 rings (SSSR count). The summed E-state index contributed by atoms with van der Waals surface area (Å²) in [4.78, 5) is 10.3. The minimum absolute atomic E-state index is 0.417. The quantitative estimate of drug-likeness (QED) is 0.234. The highest BCUT2D eigenvalue weighted by Crippen LogP contribution is 2.14. The maximum Gasteiger partial charge on any atom is 0.329 e. The molecule has 1 atom stereocenters. The fraction of sp³-hybridized carbons (Fsp3) is 0.950. The van der Waals surface area contributed by atoms with Crippen molar-refractivity contribution in [2.24, 2.45) is 0 Å². The molecule has 1 unspecified atom stereocenters. The molecule has 0 amide bonds. The molecule has 2 N–H and O–H groups in total. The van der Waals surface area contributed by atoms with E-state index in [1.807, 2.05) is 0 Å². The molecule has 0 aromatic heterocycles. The second-order valence-electron chi connectivity index (χ2n) is 6.90. The van der Waals surface area contributed by atoms with Gasteiger partial charge in [-0.3, -0.25) is 0 Å². The van der Waals surface area contributed by atoms with Crippen molar-refractivity contribution in [1.82, 2.24) is 0 Å². The molecular formula is C20H40O4. The number of hydrogen-bond acceptors (Lipinski definition) is 3. The third-order valence-electron chi connectivity index (χ3n) is 4.45. The predicted octanol–water partition coefficient (Wildman–Crippen LogP) is 5.67. The van der Waals surface area contributed by atoms with E-state index in [2.05, 4.69) is 6.92 Å². The molecule has 0 bridgehead atoms. The number of aliphatic hydroxyl groups excluding tert-OH is 1. The third-order valence-corrected chi connectivity index (χ3v) is 4.45. The molecule has 0 heterocycles. The number of carbonyl (C=O) groups is 1. The molecular weight excluding hydrogens is 304 g/mol. The van der Waals surface area contributed by atoms with Crippen molar-refractivity contribution in [3.8, 4) is 0 Å². The van der Waals surface area contributed by atoms with Crippen LogP contribution in [0.5, 0.6) is 0 Å². The Bertz CT molecular complexity index is 268. The number of ether oxygens (including phenoxy) is 1. The van der Waals surface area contributed by atoms with E-state index in [9.17, 15) is 9.90 Å². The van der Waals surface area contributed by atoms with Crippen molar-refractivity contribution in [1.29, 1.82) is 0 Å². The van der Waals surface area contributed by atoms with E-state index in [-0.39, 0.29) is 0 Å². The number of hydrogen-bond donors (Lipinski definition) is 2. The molecule has 0 aliphatic heterocycles. The summed E-state index contributed by atoms with van der Waals surface area (Å²) >= 11 is 0. The van der Waals surface area contributed by atoms with Crippen LogP contribution in [0.15, 0.2) is 0 Å². The number of aliphatic carboxylic acids is 1. The van der Waals surface area contributed by atoms with Crippen molar-refractivity contribution >= 4 is 5.97 Å². The van der Waals surface area contributed by atoms with Gasteiger partial charge >= 0.3 is 5.97 Å². The van der Waals surface area contributed by atoms with Crippen molar-refractivity contribution in [2.45, 2.75) is 116 Å².